The van der Waals surface area contributed by atoms with E-state index in [4.69, 9.17) is 10.5 Å². The minimum absolute atomic E-state index is 0.186. The molecule has 1 aromatic carbocycles. The van der Waals surface area contributed by atoms with Crippen molar-refractivity contribution < 1.29 is 9.53 Å². The van der Waals surface area contributed by atoms with E-state index in [9.17, 15) is 4.79 Å². The highest BCUT2D eigenvalue weighted by atomic mass is 16.5. The van der Waals surface area contributed by atoms with Crippen molar-refractivity contribution in [3.8, 4) is 5.75 Å². The fourth-order valence-corrected chi connectivity index (χ4v) is 3.03. The van der Waals surface area contributed by atoms with Crippen molar-refractivity contribution in [3.05, 3.63) is 42.0 Å². The highest BCUT2D eigenvalue weighted by Crippen LogP contribution is 2.24. The van der Waals surface area contributed by atoms with Crippen molar-refractivity contribution in [2.24, 2.45) is 5.73 Å². The number of unbranched alkanes of at least 4 members (excludes halogenated alkanes) is 7. The van der Waals surface area contributed by atoms with Gasteiger partial charge in [0.1, 0.15) is 5.75 Å². The number of rotatable bonds is 14. The molecule has 140 valence electrons. The fraction of sp³-hybridized carbons (Fsp3) is 0.591. The minimum atomic E-state index is -0.232. The van der Waals surface area contributed by atoms with Gasteiger partial charge in [-0.3, -0.25) is 4.79 Å². The maximum Gasteiger partial charge on any atom is 0.224 e. The number of hydrogen-bond acceptors (Lipinski definition) is 2. The summed E-state index contributed by atoms with van der Waals surface area (Å²) in [4.78, 5) is 11.8. The Hall–Kier alpha value is -1.77. The lowest BCUT2D eigenvalue weighted by Crippen LogP contribution is -2.21. The zero-order chi connectivity index (χ0) is 18.3. The van der Waals surface area contributed by atoms with E-state index < -0.39 is 0 Å². The van der Waals surface area contributed by atoms with Gasteiger partial charge in [0, 0.05) is 0 Å². The molecule has 0 fully saturated rings. The van der Waals surface area contributed by atoms with E-state index in [-0.39, 0.29) is 11.8 Å². The first-order valence-corrected chi connectivity index (χ1v) is 9.77. The Morgan fingerprint density at radius 1 is 1.00 bits per heavy atom. The molecule has 0 saturated heterocycles. The lowest BCUT2D eigenvalue weighted by Gasteiger charge is -2.14. The topological polar surface area (TPSA) is 52.3 Å². The van der Waals surface area contributed by atoms with Crippen LogP contribution in [-0.2, 0) is 4.79 Å². The Morgan fingerprint density at radius 2 is 1.60 bits per heavy atom. The molecule has 2 N–H and O–H groups in total. The number of methoxy groups -OCH3 is 1. The van der Waals surface area contributed by atoms with Gasteiger partial charge in [-0.05, 0) is 43.4 Å². The molecule has 0 aliphatic rings. The molecule has 1 aromatic rings. The van der Waals surface area contributed by atoms with Gasteiger partial charge in [-0.1, -0.05) is 69.7 Å². The van der Waals surface area contributed by atoms with Gasteiger partial charge in [0.05, 0.1) is 13.0 Å². The molecule has 1 rings (SSSR count). The Labute approximate surface area is 153 Å². The van der Waals surface area contributed by atoms with Gasteiger partial charge in [-0.15, -0.1) is 0 Å². The van der Waals surface area contributed by atoms with Crippen LogP contribution in [0.5, 0.6) is 5.75 Å². The van der Waals surface area contributed by atoms with Crippen molar-refractivity contribution in [1.29, 1.82) is 0 Å². The molecule has 0 aliphatic carbocycles. The minimum Gasteiger partial charge on any atom is -0.497 e. The number of benzene rings is 1. The van der Waals surface area contributed by atoms with E-state index in [0.29, 0.717) is 0 Å². The highest BCUT2D eigenvalue weighted by Gasteiger charge is 2.17. The first kappa shape index (κ1) is 21.3. The fourth-order valence-electron chi connectivity index (χ4n) is 3.03. The normalized spacial score (nSPS) is 12.4. The molecule has 3 heteroatoms. The lowest BCUT2D eigenvalue weighted by atomic mass is 9.92. The average molecular weight is 346 g/mol. The largest absolute Gasteiger partial charge is 0.497 e. The van der Waals surface area contributed by atoms with Crippen LogP contribution in [0.2, 0.25) is 0 Å². The third kappa shape index (κ3) is 9.33. The van der Waals surface area contributed by atoms with Crippen molar-refractivity contribution >= 4 is 5.91 Å². The first-order valence-electron chi connectivity index (χ1n) is 9.77. The quantitative estimate of drug-likeness (QED) is 0.345. The maximum atomic E-state index is 11.8. The summed E-state index contributed by atoms with van der Waals surface area (Å²) in [6.07, 6.45) is 16.4. The zero-order valence-corrected chi connectivity index (χ0v) is 16.0. The average Bonchev–Trinajstić information content (AvgIpc) is 2.62. The van der Waals surface area contributed by atoms with Crippen LogP contribution in [0.15, 0.2) is 36.4 Å². The third-order valence-electron chi connectivity index (χ3n) is 4.60. The third-order valence-corrected chi connectivity index (χ3v) is 4.60. The molecule has 1 atom stereocenters. The SMILES string of the molecule is CCC/C=C/CCCCCCCCC(C(N)=O)c1ccc(OC)cc1. The number of primary amides is 1. The van der Waals surface area contributed by atoms with Crippen molar-refractivity contribution in [3.63, 3.8) is 0 Å². The molecule has 0 saturated carbocycles. The summed E-state index contributed by atoms with van der Waals surface area (Å²) in [6.45, 7) is 2.21. The van der Waals surface area contributed by atoms with Crippen LogP contribution in [0.4, 0.5) is 0 Å². The predicted octanol–water partition coefficient (Wildman–Crippen LogP) is 5.74. The van der Waals surface area contributed by atoms with E-state index in [1.165, 1.54) is 51.4 Å². The Balaban J connectivity index is 2.18. The first-order chi connectivity index (χ1) is 12.2. The Morgan fingerprint density at radius 3 is 2.20 bits per heavy atom. The number of allylic oxidation sites excluding steroid dienone is 2. The number of carbonyl (C=O) groups excluding carboxylic acids is 1. The van der Waals surface area contributed by atoms with E-state index in [0.717, 1.165) is 24.2 Å². The molecule has 0 heterocycles. The number of carbonyl (C=O) groups is 1. The van der Waals surface area contributed by atoms with Crippen LogP contribution in [0.3, 0.4) is 0 Å². The molecule has 0 aliphatic heterocycles. The summed E-state index contributed by atoms with van der Waals surface area (Å²) in [5, 5.41) is 0. The van der Waals surface area contributed by atoms with Gasteiger partial charge < -0.3 is 10.5 Å². The van der Waals surface area contributed by atoms with Crippen LogP contribution in [-0.4, -0.2) is 13.0 Å². The van der Waals surface area contributed by atoms with Gasteiger partial charge in [-0.2, -0.15) is 0 Å². The molecule has 0 radical (unpaired) electrons. The van der Waals surface area contributed by atoms with Crippen LogP contribution in [0.25, 0.3) is 0 Å². The number of nitrogens with two attached hydrogens (primary N) is 1. The van der Waals surface area contributed by atoms with Gasteiger partial charge in [-0.25, -0.2) is 0 Å². The zero-order valence-electron chi connectivity index (χ0n) is 16.0. The molecule has 0 spiro atoms. The number of hydrogen-bond donors (Lipinski definition) is 1. The van der Waals surface area contributed by atoms with Crippen LogP contribution >= 0.6 is 0 Å². The summed E-state index contributed by atoms with van der Waals surface area (Å²) in [5.41, 5.74) is 6.59. The van der Waals surface area contributed by atoms with E-state index in [1.54, 1.807) is 7.11 Å². The molecule has 1 unspecified atom stereocenters. The smallest absolute Gasteiger partial charge is 0.224 e. The molecule has 0 aromatic heterocycles. The van der Waals surface area contributed by atoms with Crippen molar-refractivity contribution in [1.82, 2.24) is 0 Å². The van der Waals surface area contributed by atoms with E-state index in [1.807, 2.05) is 24.3 Å². The van der Waals surface area contributed by atoms with Gasteiger partial charge in [0.2, 0.25) is 5.91 Å². The highest BCUT2D eigenvalue weighted by molar-refractivity contribution is 5.81. The second-order valence-electron chi connectivity index (χ2n) is 6.69. The Kier molecular flexibility index (Phi) is 11.5. The molecule has 1 amide bonds. The van der Waals surface area contributed by atoms with Gasteiger partial charge in [0.15, 0.2) is 0 Å². The standard InChI is InChI=1S/C22H35NO2/c1-3-4-5-6-7-8-9-10-11-12-13-14-21(22(23)24)19-15-17-20(25-2)18-16-19/h5-6,15-18,21H,3-4,7-14H2,1-2H3,(H2,23,24)/b6-5+. The van der Waals surface area contributed by atoms with Crippen LogP contribution in [0, 0.1) is 0 Å². The summed E-state index contributed by atoms with van der Waals surface area (Å²) >= 11 is 0. The molecule has 3 nitrogen and oxygen atoms in total. The number of amides is 1. The summed E-state index contributed by atoms with van der Waals surface area (Å²) < 4.78 is 5.16. The van der Waals surface area contributed by atoms with E-state index >= 15 is 0 Å². The van der Waals surface area contributed by atoms with Gasteiger partial charge in [0.25, 0.3) is 0 Å². The van der Waals surface area contributed by atoms with E-state index in [2.05, 4.69) is 19.1 Å². The monoisotopic (exact) mass is 345 g/mol. The molecular weight excluding hydrogens is 310 g/mol. The van der Waals surface area contributed by atoms with Crippen LogP contribution < -0.4 is 10.5 Å². The predicted molar refractivity (Wildman–Crippen MR) is 106 cm³/mol. The molecule has 25 heavy (non-hydrogen) atoms. The van der Waals surface area contributed by atoms with Gasteiger partial charge >= 0.3 is 0 Å². The second-order valence-corrected chi connectivity index (χ2v) is 6.69. The Bertz CT molecular complexity index is 493. The van der Waals surface area contributed by atoms with Crippen molar-refractivity contribution in [2.45, 2.75) is 77.0 Å². The second kappa shape index (κ2) is 13.5. The lowest BCUT2D eigenvalue weighted by molar-refractivity contribution is -0.119. The summed E-state index contributed by atoms with van der Waals surface area (Å²) in [5.74, 6) is 0.384. The summed E-state index contributed by atoms with van der Waals surface area (Å²) in [6, 6.07) is 7.67. The maximum absolute atomic E-state index is 11.8. The van der Waals surface area contributed by atoms with Crippen LogP contribution in [0.1, 0.15) is 82.6 Å². The van der Waals surface area contributed by atoms with Crippen molar-refractivity contribution in [2.75, 3.05) is 7.11 Å². The summed E-state index contributed by atoms with van der Waals surface area (Å²) in [7, 11) is 1.64. The number of ether oxygens (including phenoxy) is 1. The molecule has 0 bridgehead atoms. The molecular formula is C22H35NO2.